The van der Waals surface area contributed by atoms with Crippen molar-refractivity contribution in [2.75, 3.05) is 17.6 Å². The van der Waals surface area contributed by atoms with E-state index < -0.39 is 10.0 Å². The molecular formula is C21H29N3O5S. The zero-order valence-electron chi connectivity index (χ0n) is 17.6. The van der Waals surface area contributed by atoms with E-state index in [0.717, 1.165) is 25.7 Å². The van der Waals surface area contributed by atoms with Crippen molar-refractivity contribution in [3.05, 3.63) is 40.8 Å². The molecule has 2 aromatic rings. The van der Waals surface area contributed by atoms with Crippen LogP contribution in [0.3, 0.4) is 0 Å². The van der Waals surface area contributed by atoms with Gasteiger partial charge in [-0.25, -0.2) is 8.42 Å². The van der Waals surface area contributed by atoms with Crippen LogP contribution >= 0.6 is 0 Å². The smallest absolute Gasteiger partial charge is 0.254 e. The monoisotopic (exact) mass is 435 g/mol. The van der Waals surface area contributed by atoms with Gasteiger partial charge in [-0.05, 0) is 50.8 Å². The lowest BCUT2D eigenvalue weighted by molar-refractivity contribution is 0.148. The third-order valence-electron chi connectivity index (χ3n) is 5.35. The number of ether oxygens (including phenoxy) is 2. The molecule has 1 aliphatic carbocycles. The topological polar surface area (TPSA) is 113 Å². The fraction of sp³-hybridized carbons (Fsp3) is 0.476. The van der Waals surface area contributed by atoms with E-state index in [4.69, 9.17) is 15.2 Å². The van der Waals surface area contributed by atoms with Crippen LogP contribution in [-0.4, -0.2) is 38.0 Å². The van der Waals surface area contributed by atoms with E-state index in [-0.39, 0.29) is 23.5 Å². The molecule has 0 bridgehead atoms. The molecular weight excluding hydrogens is 406 g/mol. The molecule has 8 nitrogen and oxygen atoms in total. The van der Waals surface area contributed by atoms with Crippen molar-refractivity contribution >= 4 is 15.7 Å². The number of benzene rings is 1. The van der Waals surface area contributed by atoms with Crippen LogP contribution in [0.1, 0.15) is 32.6 Å². The Labute approximate surface area is 177 Å². The Balaban J connectivity index is 2.07. The van der Waals surface area contributed by atoms with Gasteiger partial charge in [0.2, 0.25) is 10.0 Å². The SMILES string of the molecule is CCS(=O)(=O)Nc1ccc(O[C@H]2CC[C@H](N)CC2)c(-c2cn(C)c(=O)cc2OC)c1. The van der Waals surface area contributed by atoms with E-state index in [1.165, 1.54) is 17.7 Å². The Morgan fingerprint density at radius 1 is 1.13 bits per heavy atom. The van der Waals surface area contributed by atoms with Crippen LogP contribution in [0.25, 0.3) is 11.1 Å². The molecule has 1 aliphatic rings. The number of aromatic nitrogens is 1. The quantitative estimate of drug-likeness (QED) is 0.691. The van der Waals surface area contributed by atoms with Crippen LogP contribution in [0.5, 0.6) is 11.5 Å². The second kappa shape index (κ2) is 9.09. The first-order chi connectivity index (χ1) is 14.2. The molecule has 3 rings (SSSR count). The number of pyridine rings is 1. The van der Waals surface area contributed by atoms with Crippen LogP contribution in [-0.2, 0) is 17.1 Å². The summed E-state index contributed by atoms with van der Waals surface area (Å²) in [5, 5.41) is 0. The predicted molar refractivity (Wildman–Crippen MR) is 118 cm³/mol. The van der Waals surface area contributed by atoms with Crippen molar-refractivity contribution in [3.8, 4) is 22.6 Å². The summed E-state index contributed by atoms with van der Waals surface area (Å²) >= 11 is 0. The Morgan fingerprint density at radius 3 is 2.47 bits per heavy atom. The summed E-state index contributed by atoms with van der Waals surface area (Å²) in [4.78, 5) is 12.1. The van der Waals surface area contributed by atoms with Gasteiger partial charge in [0.05, 0.1) is 19.0 Å². The minimum atomic E-state index is -3.44. The number of hydrogen-bond acceptors (Lipinski definition) is 6. The number of nitrogens with zero attached hydrogens (tertiary/aromatic N) is 1. The molecule has 9 heteroatoms. The summed E-state index contributed by atoms with van der Waals surface area (Å²) in [5.41, 5.74) is 7.50. The molecule has 0 amide bonds. The third-order valence-corrected chi connectivity index (χ3v) is 6.65. The molecule has 0 unspecified atom stereocenters. The van der Waals surface area contributed by atoms with E-state index in [2.05, 4.69) is 4.72 Å². The number of methoxy groups -OCH3 is 1. The highest BCUT2D eigenvalue weighted by molar-refractivity contribution is 7.92. The van der Waals surface area contributed by atoms with Crippen LogP contribution in [0.15, 0.2) is 35.3 Å². The van der Waals surface area contributed by atoms with E-state index >= 15 is 0 Å². The van der Waals surface area contributed by atoms with Crippen molar-refractivity contribution in [2.24, 2.45) is 12.8 Å². The van der Waals surface area contributed by atoms with E-state index in [0.29, 0.717) is 28.3 Å². The van der Waals surface area contributed by atoms with E-state index in [1.807, 2.05) is 0 Å². The summed E-state index contributed by atoms with van der Waals surface area (Å²) in [7, 11) is -0.298. The number of sulfonamides is 1. The maximum absolute atomic E-state index is 12.1. The molecule has 1 heterocycles. The molecule has 1 aromatic heterocycles. The average molecular weight is 436 g/mol. The lowest BCUT2D eigenvalue weighted by Gasteiger charge is -2.28. The Bertz CT molecular complexity index is 1060. The highest BCUT2D eigenvalue weighted by Gasteiger charge is 2.23. The van der Waals surface area contributed by atoms with Crippen LogP contribution in [0.2, 0.25) is 0 Å². The van der Waals surface area contributed by atoms with Gasteiger partial charge in [0.15, 0.2) is 0 Å². The normalized spacial score (nSPS) is 19.3. The summed E-state index contributed by atoms with van der Waals surface area (Å²) in [5.74, 6) is 0.961. The first-order valence-corrected chi connectivity index (χ1v) is 11.7. The number of aryl methyl sites for hydroxylation is 1. The van der Waals surface area contributed by atoms with Crippen LogP contribution in [0.4, 0.5) is 5.69 Å². The second-order valence-electron chi connectivity index (χ2n) is 7.58. The number of anilines is 1. The van der Waals surface area contributed by atoms with E-state index in [9.17, 15) is 13.2 Å². The predicted octanol–water partition coefficient (Wildman–Crippen LogP) is 2.47. The number of rotatable bonds is 7. The Morgan fingerprint density at radius 2 is 1.83 bits per heavy atom. The van der Waals surface area contributed by atoms with Gasteiger partial charge in [0.1, 0.15) is 11.5 Å². The summed E-state index contributed by atoms with van der Waals surface area (Å²) in [6.45, 7) is 1.57. The maximum Gasteiger partial charge on any atom is 0.254 e. The van der Waals surface area contributed by atoms with Gasteiger partial charge in [-0.2, -0.15) is 0 Å². The molecule has 3 N–H and O–H groups in total. The number of hydrogen-bond donors (Lipinski definition) is 2. The van der Waals surface area contributed by atoms with Crippen molar-refractivity contribution < 1.29 is 17.9 Å². The largest absolute Gasteiger partial charge is 0.496 e. The summed E-state index contributed by atoms with van der Waals surface area (Å²) < 4.78 is 39.8. The first kappa shape index (κ1) is 22.2. The fourth-order valence-electron chi connectivity index (χ4n) is 3.53. The molecule has 0 aliphatic heterocycles. The van der Waals surface area contributed by atoms with Crippen LogP contribution in [0, 0.1) is 0 Å². The Kier molecular flexibility index (Phi) is 6.72. The zero-order valence-corrected chi connectivity index (χ0v) is 18.4. The summed E-state index contributed by atoms with van der Waals surface area (Å²) in [6, 6.07) is 6.75. The minimum Gasteiger partial charge on any atom is -0.496 e. The van der Waals surface area contributed by atoms with Gasteiger partial charge in [0.25, 0.3) is 5.56 Å². The fourth-order valence-corrected chi connectivity index (χ4v) is 4.16. The van der Waals surface area contributed by atoms with Gasteiger partial charge in [0, 0.05) is 42.2 Å². The molecule has 1 aromatic carbocycles. The Hall–Kier alpha value is -2.52. The second-order valence-corrected chi connectivity index (χ2v) is 9.59. The van der Waals surface area contributed by atoms with Gasteiger partial charge in [-0.1, -0.05) is 0 Å². The molecule has 0 atom stereocenters. The molecule has 0 saturated heterocycles. The molecule has 1 saturated carbocycles. The van der Waals surface area contributed by atoms with Gasteiger partial charge >= 0.3 is 0 Å². The minimum absolute atomic E-state index is 0.0280. The highest BCUT2D eigenvalue weighted by Crippen LogP contribution is 2.39. The number of nitrogens with two attached hydrogens (primary N) is 1. The van der Waals surface area contributed by atoms with Crippen molar-refractivity contribution in [1.29, 1.82) is 0 Å². The van der Waals surface area contributed by atoms with Gasteiger partial charge in [-0.15, -0.1) is 0 Å². The summed E-state index contributed by atoms with van der Waals surface area (Å²) in [6.07, 6.45) is 5.21. The molecule has 164 valence electrons. The third kappa shape index (κ3) is 5.14. The van der Waals surface area contributed by atoms with Crippen LogP contribution < -0.4 is 25.5 Å². The molecule has 0 spiro atoms. The first-order valence-electron chi connectivity index (χ1n) is 10.0. The standard InChI is InChI=1S/C21H29N3O5S/c1-4-30(26,27)23-15-7-10-19(29-16-8-5-14(22)6-9-16)17(11-15)18-13-24(2)21(25)12-20(18)28-3/h7,10-14,16,23H,4-6,8-9,22H2,1-3H3/t14-,16-. The van der Waals surface area contributed by atoms with Crippen molar-refractivity contribution in [2.45, 2.75) is 44.8 Å². The average Bonchev–Trinajstić information content (AvgIpc) is 2.72. The molecule has 1 fully saturated rings. The highest BCUT2D eigenvalue weighted by atomic mass is 32.2. The van der Waals surface area contributed by atoms with Crippen molar-refractivity contribution in [3.63, 3.8) is 0 Å². The molecule has 0 radical (unpaired) electrons. The number of nitrogens with one attached hydrogen (secondary N) is 1. The maximum atomic E-state index is 12.1. The zero-order chi connectivity index (χ0) is 21.9. The van der Waals surface area contributed by atoms with Gasteiger partial charge in [-0.3, -0.25) is 9.52 Å². The van der Waals surface area contributed by atoms with Gasteiger partial charge < -0.3 is 19.8 Å². The lowest BCUT2D eigenvalue weighted by atomic mass is 9.93. The van der Waals surface area contributed by atoms with E-state index in [1.54, 1.807) is 38.4 Å². The lowest BCUT2D eigenvalue weighted by Crippen LogP contribution is -2.31. The van der Waals surface area contributed by atoms with Crippen molar-refractivity contribution in [1.82, 2.24) is 4.57 Å². The molecule has 30 heavy (non-hydrogen) atoms.